The quantitative estimate of drug-likeness (QED) is 0.169. The molecule has 0 spiro atoms. The Balaban J connectivity index is 1.41. The highest BCUT2D eigenvalue weighted by atomic mass is 32.1. The van der Waals surface area contributed by atoms with Crippen LogP contribution in [-0.2, 0) is 6.18 Å². The van der Waals surface area contributed by atoms with E-state index in [1.165, 1.54) is 48.7 Å². The van der Waals surface area contributed by atoms with Crippen molar-refractivity contribution < 1.29 is 32.5 Å². The Hall–Kier alpha value is -4.85. The number of nitrogens with zero attached hydrogens (tertiary/aromatic N) is 3. The van der Waals surface area contributed by atoms with E-state index in [1.807, 2.05) is 0 Å². The number of benzene rings is 3. The molecular weight excluding hydrogens is 517 g/mol. The lowest BCUT2D eigenvalue weighted by atomic mass is 10.2. The minimum absolute atomic E-state index is 0.0874. The van der Waals surface area contributed by atoms with E-state index >= 15 is 0 Å². The Morgan fingerprint density at radius 3 is 2.35 bits per heavy atom. The molecule has 0 bridgehead atoms. The molecule has 0 aliphatic heterocycles. The van der Waals surface area contributed by atoms with E-state index in [4.69, 9.17) is 4.74 Å². The molecule has 37 heavy (non-hydrogen) atoms. The van der Waals surface area contributed by atoms with Crippen molar-refractivity contribution in [2.24, 2.45) is 5.10 Å². The molecule has 0 aliphatic rings. The number of carbonyl (C=O) groups excluding carboxylic acids is 1. The number of halogens is 3. The van der Waals surface area contributed by atoms with E-state index in [0.717, 1.165) is 17.4 Å². The first-order valence-corrected chi connectivity index (χ1v) is 11.0. The van der Waals surface area contributed by atoms with Crippen LogP contribution in [0.5, 0.6) is 11.5 Å². The molecule has 3 aromatic carbocycles. The normalized spacial score (nSPS) is 11.5. The predicted octanol–water partition coefficient (Wildman–Crippen LogP) is 6.29. The molecule has 0 saturated carbocycles. The number of ether oxygens (including phenoxy) is 1. The van der Waals surface area contributed by atoms with Gasteiger partial charge in [0.2, 0.25) is 5.75 Å². The van der Waals surface area contributed by atoms with Gasteiger partial charge in [0, 0.05) is 28.3 Å². The number of hydrazone groups is 1. The smallest absolute Gasteiger partial charge is 0.416 e. The fraction of sp³-hybridized carbons (Fsp3) is 0.0435. The van der Waals surface area contributed by atoms with Crippen LogP contribution in [0.4, 0.5) is 24.5 Å². The lowest BCUT2D eigenvalue weighted by molar-refractivity contribution is -0.385. The first-order valence-electron chi connectivity index (χ1n) is 10.2. The highest BCUT2D eigenvalue weighted by molar-refractivity contribution is 7.20. The fourth-order valence-corrected chi connectivity index (χ4v) is 4.08. The highest BCUT2D eigenvalue weighted by Gasteiger charge is 2.33. The molecule has 0 aliphatic carbocycles. The van der Waals surface area contributed by atoms with Crippen molar-refractivity contribution in [1.29, 1.82) is 0 Å². The largest absolute Gasteiger partial charge is 0.450 e. The fourth-order valence-electron chi connectivity index (χ4n) is 3.15. The summed E-state index contributed by atoms with van der Waals surface area (Å²) in [6.45, 7) is 0. The van der Waals surface area contributed by atoms with Crippen LogP contribution in [0.25, 0.3) is 10.1 Å². The molecule has 0 radical (unpaired) electrons. The number of alkyl halides is 3. The number of hydrogen-bond acceptors (Lipinski definition) is 8. The number of fused-ring (bicyclic) bond motifs is 1. The molecule has 1 heterocycles. The van der Waals surface area contributed by atoms with E-state index in [1.54, 1.807) is 6.07 Å². The molecule has 0 unspecified atom stereocenters. The Kier molecular flexibility index (Phi) is 6.84. The van der Waals surface area contributed by atoms with Gasteiger partial charge in [-0.25, -0.2) is 5.43 Å². The van der Waals surface area contributed by atoms with E-state index in [-0.39, 0.29) is 17.2 Å². The third kappa shape index (κ3) is 5.87. The van der Waals surface area contributed by atoms with Gasteiger partial charge in [-0.3, -0.25) is 25.0 Å². The number of nitrogens with one attached hydrogen (secondary N) is 1. The van der Waals surface area contributed by atoms with Crippen LogP contribution in [0, 0.1) is 20.2 Å². The number of nitro benzene ring substituents is 2. The number of nitro groups is 2. The maximum absolute atomic E-state index is 12.8. The Labute approximate surface area is 208 Å². The summed E-state index contributed by atoms with van der Waals surface area (Å²) in [6.07, 6.45) is -3.42. The SMILES string of the molecule is O=C(N/N=C\c1ccc(Oc2ccc(C(F)(F)F)cc2[N+](=O)[O-])cc1)c1cc2cc([N+](=O)[O-])ccc2s1. The molecule has 0 atom stereocenters. The number of non-ortho nitro benzene ring substituents is 1. The summed E-state index contributed by atoms with van der Waals surface area (Å²) >= 11 is 1.14. The van der Waals surface area contributed by atoms with Gasteiger partial charge in [0.15, 0.2) is 0 Å². The van der Waals surface area contributed by atoms with Gasteiger partial charge < -0.3 is 4.74 Å². The van der Waals surface area contributed by atoms with Crippen LogP contribution in [0.2, 0.25) is 0 Å². The van der Waals surface area contributed by atoms with E-state index in [9.17, 15) is 38.2 Å². The van der Waals surface area contributed by atoms with Gasteiger partial charge in [-0.2, -0.15) is 18.3 Å². The molecule has 10 nitrogen and oxygen atoms in total. The van der Waals surface area contributed by atoms with E-state index in [0.29, 0.717) is 32.7 Å². The van der Waals surface area contributed by atoms with Crippen LogP contribution in [0.1, 0.15) is 20.8 Å². The Bertz CT molecular complexity index is 1550. The third-order valence-corrected chi connectivity index (χ3v) is 6.02. The molecule has 4 aromatic rings. The number of amides is 1. The topological polar surface area (TPSA) is 137 Å². The zero-order chi connectivity index (χ0) is 26.7. The standard InChI is InChI=1S/C23H13F3N4O6S/c24-23(25,26)15-3-7-19(18(11-15)30(34)35)36-17-5-1-13(2-6-17)12-27-28-22(31)21-10-14-9-16(29(32)33)4-8-20(14)37-21/h1-12H,(H,28,31)/b27-12-. The molecule has 1 aromatic heterocycles. The second-order valence-corrected chi connectivity index (χ2v) is 8.48. The van der Waals surface area contributed by atoms with Gasteiger partial charge >= 0.3 is 11.9 Å². The van der Waals surface area contributed by atoms with Crippen molar-refractivity contribution in [2.75, 3.05) is 0 Å². The number of thiophene rings is 1. The second kappa shape index (κ2) is 10.0. The first kappa shape index (κ1) is 25.2. The van der Waals surface area contributed by atoms with Crippen LogP contribution in [0.15, 0.2) is 71.8 Å². The monoisotopic (exact) mass is 530 g/mol. The van der Waals surface area contributed by atoms with Crippen molar-refractivity contribution in [2.45, 2.75) is 6.18 Å². The van der Waals surface area contributed by atoms with Crippen molar-refractivity contribution in [3.63, 3.8) is 0 Å². The number of carbonyl (C=O) groups is 1. The average Bonchev–Trinajstić information content (AvgIpc) is 3.28. The second-order valence-electron chi connectivity index (χ2n) is 7.40. The molecule has 0 saturated heterocycles. The van der Waals surface area contributed by atoms with Gasteiger partial charge in [0.05, 0.1) is 26.5 Å². The third-order valence-electron chi connectivity index (χ3n) is 4.91. The van der Waals surface area contributed by atoms with E-state index in [2.05, 4.69) is 10.5 Å². The zero-order valence-electron chi connectivity index (χ0n) is 18.3. The van der Waals surface area contributed by atoms with Gasteiger partial charge in [-0.15, -0.1) is 11.3 Å². The summed E-state index contributed by atoms with van der Waals surface area (Å²) in [5, 5.41) is 26.5. The maximum atomic E-state index is 12.8. The van der Waals surface area contributed by atoms with Crippen molar-refractivity contribution in [1.82, 2.24) is 5.43 Å². The minimum atomic E-state index is -4.74. The summed E-state index contributed by atoms with van der Waals surface area (Å²) in [5.41, 5.74) is 0.771. The van der Waals surface area contributed by atoms with Crippen molar-refractivity contribution in [3.05, 3.63) is 103 Å². The average molecular weight is 530 g/mol. The molecule has 1 N–H and O–H groups in total. The minimum Gasteiger partial charge on any atom is -0.450 e. The summed E-state index contributed by atoms with van der Waals surface area (Å²) < 4.78 is 44.6. The van der Waals surface area contributed by atoms with Crippen molar-refractivity contribution >= 4 is 44.9 Å². The van der Waals surface area contributed by atoms with Gasteiger partial charge in [0.25, 0.3) is 11.6 Å². The maximum Gasteiger partial charge on any atom is 0.416 e. The molecule has 188 valence electrons. The Morgan fingerprint density at radius 2 is 1.70 bits per heavy atom. The predicted molar refractivity (Wildman–Crippen MR) is 128 cm³/mol. The van der Waals surface area contributed by atoms with Gasteiger partial charge in [-0.05, 0) is 54.1 Å². The summed E-state index contributed by atoms with van der Waals surface area (Å²) in [6, 6.07) is 13.6. The molecule has 4 rings (SSSR count). The van der Waals surface area contributed by atoms with Gasteiger partial charge in [-0.1, -0.05) is 0 Å². The van der Waals surface area contributed by atoms with Crippen LogP contribution >= 0.6 is 11.3 Å². The highest BCUT2D eigenvalue weighted by Crippen LogP contribution is 2.37. The number of rotatable bonds is 7. The molecule has 0 fully saturated rings. The summed E-state index contributed by atoms with van der Waals surface area (Å²) in [5.74, 6) is -0.751. The molecule has 14 heteroatoms. The summed E-state index contributed by atoms with van der Waals surface area (Å²) in [4.78, 5) is 33.3. The lowest BCUT2D eigenvalue weighted by Crippen LogP contribution is -2.16. The van der Waals surface area contributed by atoms with Crippen LogP contribution < -0.4 is 10.2 Å². The molecular formula is C23H13F3N4O6S. The Morgan fingerprint density at radius 1 is 0.973 bits per heavy atom. The summed E-state index contributed by atoms with van der Waals surface area (Å²) in [7, 11) is 0. The van der Waals surface area contributed by atoms with Crippen molar-refractivity contribution in [3.8, 4) is 11.5 Å². The lowest BCUT2D eigenvalue weighted by Gasteiger charge is -2.10. The van der Waals surface area contributed by atoms with Gasteiger partial charge in [0.1, 0.15) is 5.75 Å². The van der Waals surface area contributed by atoms with Crippen LogP contribution in [-0.4, -0.2) is 22.0 Å². The molecule has 1 amide bonds. The number of hydrogen-bond donors (Lipinski definition) is 1. The van der Waals surface area contributed by atoms with E-state index < -0.39 is 33.2 Å². The zero-order valence-corrected chi connectivity index (χ0v) is 19.1. The van der Waals surface area contributed by atoms with Crippen LogP contribution in [0.3, 0.4) is 0 Å². The first-order chi connectivity index (χ1) is 17.5.